The van der Waals surface area contributed by atoms with Crippen LogP contribution in [0.15, 0.2) is 0 Å². The minimum absolute atomic E-state index is 0.706. The fraction of sp³-hybridized carbons (Fsp3) is 1.00. The summed E-state index contributed by atoms with van der Waals surface area (Å²) in [6, 6.07) is 0. The molecule has 0 heterocycles. The zero-order valence-electron chi connectivity index (χ0n) is 10.8. The first-order valence-corrected chi connectivity index (χ1v) is 6.69. The average molecular weight is 212 g/mol. The first-order valence-electron chi connectivity index (χ1n) is 6.69. The summed E-state index contributed by atoms with van der Waals surface area (Å²) in [6.45, 7) is 12.8. The van der Waals surface area contributed by atoms with E-state index >= 15 is 0 Å². The van der Waals surface area contributed by atoms with Crippen LogP contribution < -0.4 is 5.32 Å². The molecule has 0 radical (unpaired) electrons. The molecule has 1 aliphatic carbocycles. The highest BCUT2D eigenvalue weighted by molar-refractivity contribution is 4.94. The van der Waals surface area contributed by atoms with Gasteiger partial charge in [-0.1, -0.05) is 27.2 Å². The van der Waals surface area contributed by atoms with Gasteiger partial charge in [-0.3, -0.25) is 0 Å². The molecular formula is C13H28N2. The molecule has 0 aromatic carbocycles. The number of rotatable bonds is 9. The molecule has 2 nitrogen and oxygen atoms in total. The molecular weight excluding hydrogens is 184 g/mol. The second kappa shape index (κ2) is 6.49. The van der Waals surface area contributed by atoms with Crippen LogP contribution in [0.25, 0.3) is 0 Å². The zero-order valence-corrected chi connectivity index (χ0v) is 10.8. The Labute approximate surface area is 95.4 Å². The summed E-state index contributed by atoms with van der Waals surface area (Å²) < 4.78 is 0. The van der Waals surface area contributed by atoms with Crippen LogP contribution in [0, 0.1) is 5.41 Å². The van der Waals surface area contributed by atoms with Crippen LogP contribution in [0.3, 0.4) is 0 Å². The van der Waals surface area contributed by atoms with Crippen molar-refractivity contribution in [3.8, 4) is 0 Å². The summed E-state index contributed by atoms with van der Waals surface area (Å²) in [5.41, 5.74) is 0.706. The van der Waals surface area contributed by atoms with Crippen molar-refractivity contribution in [3.63, 3.8) is 0 Å². The maximum Gasteiger partial charge on any atom is 0.0107 e. The Balaban J connectivity index is 2.01. The van der Waals surface area contributed by atoms with E-state index in [0.29, 0.717) is 5.41 Å². The highest BCUT2D eigenvalue weighted by atomic mass is 15.1. The topological polar surface area (TPSA) is 15.3 Å². The van der Waals surface area contributed by atoms with Gasteiger partial charge >= 0.3 is 0 Å². The molecule has 0 amide bonds. The lowest BCUT2D eigenvalue weighted by Gasteiger charge is -2.20. The van der Waals surface area contributed by atoms with E-state index in [1.807, 2.05) is 0 Å². The van der Waals surface area contributed by atoms with Gasteiger partial charge < -0.3 is 10.2 Å². The standard InChI is InChI=1S/C13H28N2/c1-4-7-13(8-9-13)12-14-10-11-15(5-2)6-3/h14H,4-12H2,1-3H3. The van der Waals surface area contributed by atoms with E-state index in [2.05, 4.69) is 31.0 Å². The molecule has 0 spiro atoms. The molecule has 1 N–H and O–H groups in total. The number of nitrogens with one attached hydrogen (secondary N) is 1. The van der Waals surface area contributed by atoms with E-state index in [9.17, 15) is 0 Å². The largest absolute Gasteiger partial charge is 0.315 e. The third kappa shape index (κ3) is 4.52. The van der Waals surface area contributed by atoms with E-state index in [4.69, 9.17) is 0 Å². The smallest absolute Gasteiger partial charge is 0.0107 e. The predicted octanol–water partition coefficient (Wildman–Crippen LogP) is 2.50. The minimum atomic E-state index is 0.706. The fourth-order valence-corrected chi connectivity index (χ4v) is 2.35. The summed E-state index contributed by atoms with van der Waals surface area (Å²) in [5.74, 6) is 0. The lowest BCUT2D eigenvalue weighted by Crippen LogP contribution is -2.34. The van der Waals surface area contributed by atoms with Crippen LogP contribution in [0.2, 0.25) is 0 Å². The monoisotopic (exact) mass is 212 g/mol. The first kappa shape index (κ1) is 13.0. The van der Waals surface area contributed by atoms with E-state index < -0.39 is 0 Å². The lowest BCUT2D eigenvalue weighted by molar-refractivity contribution is 0.295. The maximum absolute atomic E-state index is 3.63. The predicted molar refractivity (Wildman–Crippen MR) is 67.2 cm³/mol. The van der Waals surface area contributed by atoms with Gasteiger partial charge in [0.05, 0.1) is 0 Å². The first-order chi connectivity index (χ1) is 7.26. The Bertz CT molecular complexity index is 160. The summed E-state index contributed by atoms with van der Waals surface area (Å²) in [5, 5.41) is 3.63. The van der Waals surface area contributed by atoms with Crippen molar-refractivity contribution in [2.45, 2.75) is 46.5 Å². The Hall–Kier alpha value is -0.0800. The Morgan fingerprint density at radius 3 is 2.27 bits per heavy atom. The van der Waals surface area contributed by atoms with Crippen LogP contribution in [0.4, 0.5) is 0 Å². The van der Waals surface area contributed by atoms with Crippen molar-refractivity contribution in [1.82, 2.24) is 10.2 Å². The molecule has 1 rings (SSSR count). The van der Waals surface area contributed by atoms with Crippen molar-refractivity contribution in [3.05, 3.63) is 0 Å². The van der Waals surface area contributed by atoms with Crippen LogP contribution in [-0.2, 0) is 0 Å². The van der Waals surface area contributed by atoms with E-state index in [1.54, 1.807) is 0 Å². The van der Waals surface area contributed by atoms with Crippen LogP contribution in [0.5, 0.6) is 0 Å². The number of likely N-dealkylation sites (N-methyl/N-ethyl adjacent to an activating group) is 1. The molecule has 15 heavy (non-hydrogen) atoms. The SMILES string of the molecule is CCCC1(CNCCN(CC)CC)CC1. The fourth-order valence-electron chi connectivity index (χ4n) is 2.35. The second-order valence-corrected chi connectivity index (χ2v) is 4.95. The van der Waals surface area contributed by atoms with Crippen molar-refractivity contribution in [2.24, 2.45) is 5.41 Å². The minimum Gasteiger partial charge on any atom is -0.315 e. The van der Waals surface area contributed by atoms with Crippen molar-refractivity contribution in [2.75, 3.05) is 32.7 Å². The van der Waals surface area contributed by atoms with Gasteiger partial charge in [-0.25, -0.2) is 0 Å². The molecule has 1 saturated carbocycles. The second-order valence-electron chi connectivity index (χ2n) is 4.95. The van der Waals surface area contributed by atoms with Crippen LogP contribution in [0.1, 0.15) is 46.5 Å². The summed E-state index contributed by atoms with van der Waals surface area (Å²) in [7, 11) is 0. The van der Waals surface area contributed by atoms with Gasteiger partial charge in [0.1, 0.15) is 0 Å². The number of nitrogens with zero attached hydrogens (tertiary/aromatic N) is 1. The average Bonchev–Trinajstić information content (AvgIpc) is 2.99. The van der Waals surface area contributed by atoms with Crippen LogP contribution in [-0.4, -0.2) is 37.6 Å². The summed E-state index contributed by atoms with van der Waals surface area (Å²) in [4.78, 5) is 2.48. The van der Waals surface area contributed by atoms with Gasteiger partial charge in [-0.15, -0.1) is 0 Å². The van der Waals surface area contributed by atoms with Gasteiger partial charge in [0, 0.05) is 19.6 Å². The Morgan fingerprint density at radius 1 is 1.13 bits per heavy atom. The van der Waals surface area contributed by atoms with Gasteiger partial charge in [0.25, 0.3) is 0 Å². The van der Waals surface area contributed by atoms with Crippen LogP contribution >= 0.6 is 0 Å². The normalized spacial score (nSPS) is 18.4. The summed E-state index contributed by atoms with van der Waals surface area (Å²) in [6.07, 6.45) is 5.68. The molecule has 1 aliphatic rings. The quantitative estimate of drug-likeness (QED) is 0.591. The van der Waals surface area contributed by atoms with E-state index in [0.717, 1.165) is 6.54 Å². The highest BCUT2D eigenvalue weighted by Gasteiger charge is 2.40. The van der Waals surface area contributed by atoms with Crippen molar-refractivity contribution >= 4 is 0 Å². The third-order valence-electron chi connectivity index (χ3n) is 3.74. The highest BCUT2D eigenvalue weighted by Crippen LogP contribution is 2.48. The van der Waals surface area contributed by atoms with Crippen molar-refractivity contribution < 1.29 is 0 Å². The Morgan fingerprint density at radius 2 is 1.80 bits per heavy atom. The van der Waals surface area contributed by atoms with Gasteiger partial charge in [-0.2, -0.15) is 0 Å². The Kier molecular flexibility index (Phi) is 5.62. The maximum atomic E-state index is 3.63. The molecule has 2 heteroatoms. The lowest BCUT2D eigenvalue weighted by atomic mass is 10.0. The summed E-state index contributed by atoms with van der Waals surface area (Å²) >= 11 is 0. The molecule has 0 bridgehead atoms. The van der Waals surface area contributed by atoms with E-state index in [-0.39, 0.29) is 0 Å². The molecule has 0 unspecified atom stereocenters. The van der Waals surface area contributed by atoms with Gasteiger partial charge in [0.15, 0.2) is 0 Å². The number of hydrogen-bond acceptors (Lipinski definition) is 2. The van der Waals surface area contributed by atoms with Crippen molar-refractivity contribution in [1.29, 1.82) is 0 Å². The molecule has 90 valence electrons. The zero-order chi connectivity index (χ0) is 11.1. The molecule has 0 aromatic rings. The molecule has 0 atom stereocenters. The molecule has 0 saturated heterocycles. The third-order valence-corrected chi connectivity index (χ3v) is 3.74. The number of hydrogen-bond donors (Lipinski definition) is 1. The molecule has 0 aromatic heterocycles. The van der Waals surface area contributed by atoms with Gasteiger partial charge in [0.2, 0.25) is 0 Å². The van der Waals surface area contributed by atoms with Gasteiger partial charge in [-0.05, 0) is 37.8 Å². The molecule has 1 fully saturated rings. The molecule has 0 aliphatic heterocycles. The van der Waals surface area contributed by atoms with E-state index in [1.165, 1.54) is 51.9 Å².